The van der Waals surface area contributed by atoms with Gasteiger partial charge < -0.3 is 10.4 Å². The number of anilines is 1. The van der Waals surface area contributed by atoms with Crippen LogP contribution in [0.4, 0.5) is 10.1 Å². The van der Waals surface area contributed by atoms with Crippen LogP contribution in [0.5, 0.6) is 5.75 Å². The Morgan fingerprint density at radius 3 is 2.64 bits per heavy atom. The van der Waals surface area contributed by atoms with Crippen molar-refractivity contribution in [1.29, 1.82) is 0 Å². The van der Waals surface area contributed by atoms with Crippen molar-refractivity contribution in [2.75, 3.05) is 11.9 Å². The van der Waals surface area contributed by atoms with Crippen molar-refractivity contribution in [1.82, 2.24) is 4.90 Å². The molecular weight excluding hydrogens is 399 g/mol. The van der Waals surface area contributed by atoms with Crippen molar-refractivity contribution >= 4 is 51.9 Å². The number of phenolic OH excluding ortho intramolecular Hbond substituents is 1. The summed E-state index contributed by atoms with van der Waals surface area (Å²) in [6, 6.07) is 12.3. The molecule has 0 radical (unpaired) electrons. The monoisotopic (exact) mass is 416 g/mol. The summed E-state index contributed by atoms with van der Waals surface area (Å²) in [4.78, 5) is 26.5. The molecular formula is C20H17FN2O3S2. The number of para-hydroxylation sites is 2. The summed E-state index contributed by atoms with van der Waals surface area (Å²) in [7, 11) is 0. The van der Waals surface area contributed by atoms with E-state index in [0.29, 0.717) is 33.4 Å². The number of carbonyl (C=O) groups is 2. The fourth-order valence-electron chi connectivity index (χ4n) is 2.59. The fourth-order valence-corrected chi connectivity index (χ4v) is 3.90. The quantitative estimate of drug-likeness (QED) is 0.421. The molecule has 2 aromatic carbocycles. The highest BCUT2D eigenvalue weighted by Gasteiger charge is 2.31. The smallest absolute Gasteiger partial charge is 0.266 e. The molecule has 0 atom stereocenters. The molecule has 3 rings (SSSR count). The number of amides is 2. The number of nitrogens with one attached hydrogen (secondary N) is 1. The third-order valence-electron chi connectivity index (χ3n) is 4.01. The first-order valence-electron chi connectivity index (χ1n) is 8.53. The van der Waals surface area contributed by atoms with Gasteiger partial charge in [0.2, 0.25) is 5.91 Å². The van der Waals surface area contributed by atoms with Gasteiger partial charge in [-0.2, -0.15) is 0 Å². The second-order valence-corrected chi connectivity index (χ2v) is 7.73. The molecule has 0 bridgehead atoms. The normalized spacial score (nSPS) is 15.3. The van der Waals surface area contributed by atoms with Crippen molar-refractivity contribution in [2.45, 2.75) is 12.8 Å². The highest BCUT2D eigenvalue weighted by Crippen LogP contribution is 2.32. The largest absolute Gasteiger partial charge is 0.506 e. The number of benzene rings is 2. The van der Waals surface area contributed by atoms with Crippen molar-refractivity contribution < 1.29 is 19.1 Å². The molecule has 1 aliphatic heterocycles. The van der Waals surface area contributed by atoms with Gasteiger partial charge in [-0.3, -0.25) is 14.5 Å². The summed E-state index contributed by atoms with van der Waals surface area (Å²) >= 11 is 6.45. The number of nitrogens with zero attached hydrogens (tertiary/aromatic N) is 1. The Morgan fingerprint density at radius 1 is 1.21 bits per heavy atom. The van der Waals surface area contributed by atoms with Crippen LogP contribution in [0.15, 0.2) is 53.4 Å². The Bertz CT molecular complexity index is 945. The number of thioether (sulfide) groups is 1. The Hall–Kier alpha value is -2.71. The van der Waals surface area contributed by atoms with E-state index in [1.165, 1.54) is 34.9 Å². The van der Waals surface area contributed by atoms with Gasteiger partial charge >= 0.3 is 0 Å². The molecule has 0 saturated carbocycles. The van der Waals surface area contributed by atoms with Gasteiger partial charge in [-0.15, -0.1) is 0 Å². The molecule has 5 nitrogen and oxygen atoms in total. The number of phenols is 1. The van der Waals surface area contributed by atoms with E-state index in [-0.39, 0.29) is 29.8 Å². The lowest BCUT2D eigenvalue weighted by Crippen LogP contribution is -2.29. The van der Waals surface area contributed by atoms with E-state index in [1.54, 1.807) is 36.4 Å². The Labute approximate surface area is 171 Å². The maximum absolute atomic E-state index is 13.0. The maximum atomic E-state index is 13.0. The summed E-state index contributed by atoms with van der Waals surface area (Å²) in [5.41, 5.74) is 1.06. The van der Waals surface area contributed by atoms with Crippen molar-refractivity contribution in [2.24, 2.45) is 0 Å². The second kappa shape index (κ2) is 8.99. The van der Waals surface area contributed by atoms with Crippen molar-refractivity contribution in [3.05, 3.63) is 64.8 Å². The van der Waals surface area contributed by atoms with E-state index in [9.17, 15) is 19.1 Å². The lowest BCUT2D eigenvalue weighted by molar-refractivity contribution is -0.122. The van der Waals surface area contributed by atoms with Crippen LogP contribution in [-0.4, -0.2) is 32.7 Å². The highest BCUT2D eigenvalue weighted by atomic mass is 32.2. The Balaban J connectivity index is 1.54. The minimum atomic E-state index is -0.341. The van der Waals surface area contributed by atoms with E-state index in [1.807, 2.05) is 0 Å². The molecule has 28 heavy (non-hydrogen) atoms. The third kappa shape index (κ3) is 4.96. The lowest BCUT2D eigenvalue weighted by atomic mass is 10.2. The van der Waals surface area contributed by atoms with Crippen molar-refractivity contribution in [3.8, 4) is 5.75 Å². The van der Waals surface area contributed by atoms with Crippen LogP contribution in [0.1, 0.15) is 18.4 Å². The van der Waals surface area contributed by atoms with Gasteiger partial charge in [0.1, 0.15) is 15.9 Å². The molecule has 1 saturated heterocycles. The molecule has 0 spiro atoms. The summed E-state index contributed by atoms with van der Waals surface area (Å²) in [6.07, 6.45) is 2.28. The number of rotatable bonds is 6. The second-order valence-electron chi connectivity index (χ2n) is 6.05. The number of carbonyl (C=O) groups excluding carboxylic acids is 2. The zero-order valence-corrected chi connectivity index (χ0v) is 16.4. The fraction of sp³-hybridized carbons (Fsp3) is 0.150. The molecule has 0 aromatic heterocycles. The van der Waals surface area contributed by atoms with Gasteiger partial charge in [-0.1, -0.05) is 48.2 Å². The van der Waals surface area contributed by atoms with Gasteiger partial charge in [0.15, 0.2) is 0 Å². The van der Waals surface area contributed by atoms with E-state index < -0.39 is 0 Å². The summed E-state index contributed by atoms with van der Waals surface area (Å²) in [6.45, 7) is 0.319. The SMILES string of the molecule is O=C(CCCN1C(=O)C(=Cc2ccc(F)cc2)SC1=S)Nc1ccccc1O. The number of halogens is 1. The predicted molar refractivity (Wildman–Crippen MR) is 112 cm³/mol. The van der Waals surface area contributed by atoms with Crippen LogP contribution < -0.4 is 5.32 Å². The lowest BCUT2D eigenvalue weighted by Gasteiger charge is -2.14. The van der Waals surface area contributed by atoms with Gasteiger partial charge in [0, 0.05) is 13.0 Å². The average Bonchev–Trinajstić information content (AvgIpc) is 2.93. The zero-order chi connectivity index (χ0) is 20.1. The topological polar surface area (TPSA) is 69.6 Å². The Kier molecular flexibility index (Phi) is 6.43. The molecule has 2 N–H and O–H groups in total. The average molecular weight is 416 g/mol. The first-order chi connectivity index (χ1) is 13.4. The minimum Gasteiger partial charge on any atom is -0.506 e. The van der Waals surface area contributed by atoms with Gasteiger partial charge in [0.25, 0.3) is 5.91 Å². The van der Waals surface area contributed by atoms with Gasteiger partial charge in [-0.25, -0.2) is 4.39 Å². The molecule has 1 aliphatic rings. The highest BCUT2D eigenvalue weighted by molar-refractivity contribution is 8.26. The van der Waals surface area contributed by atoms with Crippen LogP contribution in [-0.2, 0) is 9.59 Å². The zero-order valence-electron chi connectivity index (χ0n) is 14.7. The van der Waals surface area contributed by atoms with Gasteiger partial charge in [0.05, 0.1) is 10.6 Å². The van der Waals surface area contributed by atoms with Gasteiger partial charge in [-0.05, 0) is 42.3 Å². The molecule has 8 heteroatoms. The maximum Gasteiger partial charge on any atom is 0.266 e. The molecule has 1 heterocycles. The van der Waals surface area contributed by atoms with E-state index in [4.69, 9.17) is 12.2 Å². The molecule has 2 amide bonds. The summed E-state index contributed by atoms with van der Waals surface area (Å²) in [5, 5.41) is 12.3. The first-order valence-corrected chi connectivity index (χ1v) is 9.75. The standard InChI is InChI=1S/C20H17FN2O3S2/c21-14-9-7-13(8-10-14)12-17-19(26)23(20(27)28-17)11-3-6-18(25)22-15-4-1-2-5-16(15)24/h1-2,4-5,7-10,12,24H,3,6,11H2,(H,22,25). The van der Waals surface area contributed by atoms with E-state index in [2.05, 4.69) is 5.32 Å². The molecule has 0 unspecified atom stereocenters. The number of thiocarbonyl (C=S) groups is 1. The number of hydrogen-bond donors (Lipinski definition) is 2. The van der Waals surface area contributed by atoms with Crippen molar-refractivity contribution in [3.63, 3.8) is 0 Å². The number of aromatic hydroxyl groups is 1. The van der Waals surface area contributed by atoms with E-state index in [0.717, 1.165) is 0 Å². The Morgan fingerprint density at radius 2 is 1.93 bits per heavy atom. The predicted octanol–water partition coefficient (Wildman–Crippen LogP) is 4.15. The molecule has 144 valence electrons. The molecule has 1 fully saturated rings. The van der Waals surface area contributed by atoms with Crippen LogP contribution >= 0.6 is 24.0 Å². The van der Waals surface area contributed by atoms with Crippen LogP contribution in [0, 0.1) is 5.82 Å². The third-order valence-corrected chi connectivity index (χ3v) is 5.38. The van der Waals surface area contributed by atoms with Crippen LogP contribution in [0.25, 0.3) is 6.08 Å². The summed E-state index contributed by atoms with van der Waals surface area (Å²) in [5.74, 6) is -0.820. The molecule has 2 aromatic rings. The molecule has 0 aliphatic carbocycles. The summed E-state index contributed by atoms with van der Waals surface area (Å²) < 4.78 is 13.4. The van der Waals surface area contributed by atoms with Crippen LogP contribution in [0.2, 0.25) is 0 Å². The van der Waals surface area contributed by atoms with Crippen LogP contribution in [0.3, 0.4) is 0 Å². The minimum absolute atomic E-state index is 0.00118. The first kappa shape index (κ1) is 20.0. The van der Waals surface area contributed by atoms with E-state index >= 15 is 0 Å². The number of hydrogen-bond acceptors (Lipinski definition) is 5.